The Balaban J connectivity index is 1.49. The lowest BCUT2D eigenvalue weighted by molar-refractivity contribution is -0.134. The summed E-state index contributed by atoms with van der Waals surface area (Å²) < 4.78 is 0. The van der Waals surface area contributed by atoms with Crippen molar-refractivity contribution in [3.8, 4) is 6.07 Å². The fraction of sp³-hybridized carbons (Fsp3) is 0.278. The van der Waals surface area contributed by atoms with Crippen LogP contribution in [0.15, 0.2) is 42.7 Å². The molecule has 26 heavy (non-hydrogen) atoms. The summed E-state index contributed by atoms with van der Waals surface area (Å²) in [6.45, 7) is 2.30. The average molecular weight is 350 g/mol. The van der Waals surface area contributed by atoms with E-state index in [0.29, 0.717) is 43.4 Å². The molecule has 1 fully saturated rings. The smallest absolute Gasteiger partial charge is 0.233 e. The van der Waals surface area contributed by atoms with E-state index < -0.39 is 0 Å². The molecule has 0 spiro atoms. The molecular weight excluding hydrogens is 332 g/mol. The van der Waals surface area contributed by atoms with Gasteiger partial charge in [-0.15, -0.1) is 0 Å². The number of rotatable bonds is 4. The molecule has 1 aromatic carbocycles. The Morgan fingerprint density at radius 1 is 1.12 bits per heavy atom. The molecule has 3 rings (SSSR count). The lowest BCUT2D eigenvalue weighted by Gasteiger charge is -2.34. The van der Waals surface area contributed by atoms with E-state index >= 15 is 0 Å². The highest BCUT2D eigenvalue weighted by Gasteiger charge is 2.23. The summed E-state index contributed by atoms with van der Waals surface area (Å²) >= 11 is 0. The summed E-state index contributed by atoms with van der Waals surface area (Å²) in [6, 6.07) is 10.4. The van der Waals surface area contributed by atoms with Crippen LogP contribution in [0.5, 0.6) is 0 Å². The van der Waals surface area contributed by atoms with Gasteiger partial charge in [0.2, 0.25) is 17.8 Å². The number of nitriles is 1. The SMILES string of the molecule is N#Cc1cccc(NC(=O)CC(=O)N2CCN(c3ncccn3)CC2)c1. The minimum atomic E-state index is -0.390. The first-order chi connectivity index (χ1) is 12.7. The van der Waals surface area contributed by atoms with Crippen LogP contribution in [0.1, 0.15) is 12.0 Å². The summed E-state index contributed by atoms with van der Waals surface area (Å²) in [5.41, 5.74) is 0.960. The molecular formula is C18H18N6O2. The first-order valence-corrected chi connectivity index (χ1v) is 8.25. The van der Waals surface area contributed by atoms with Crippen molar-refractivity contribution in [2.24, 2.45) is 0 Å². The number of nitrogens with zero attached hydrogens (tertiary/aromatic N) is 5. The van der Waals surface area contributed by atoms with Crippen LogP contribution in [0.3, 0.4) is 0 Å². The number of piperazine rings is 1. The van der Waals surface area contributed by atoms with E-state index in [2.05, 4.69) is 15.3 Å². The normalized spacial score (nSPS) is 13.8. The number of benzene rings is 1. The standard InChI is InChI=1S/C18H18N6O2/c19-13-14-3-1-4-15(11-14)22-16(25)12-17(26)23-7-9-24(10-8-23)18-20-5-2-6-21-18/h1-6,11H,7-10,12H2,(H,22,25). The number of hydrogen-bond donors (Lipinski definition) is 1. The first kappa shape index (κ1) is 17.4. The average Bonchev–Trinajstić information content (AvgIpc) is 2.69. The van der Waals surface area contributed by atoms with Crippen molar-refractivity contribution in [1.82, 2.24) is 14.9 Å². The van der Waals surface area contributed by atoms with Crippen molar-refractivity contribution in [3.63, 3.8) is 0 Å². The molecule has 0 atom stereocenters. The minimum Gasteiger partial charge on any atom is -0.339 e. The highest BCUT2D eigenvalue weighted by molar-refractivity contribution is 6.03. The highest BCUT2D eigenvalue weighted by atomic mass is 16.2. The largest absolute Gasteiger partial charge is 0.339 e. The maximum Gasteiger partial charge on any atom is 0.233 e. The van der Waals surface area contributed by atoms with Gasteiger partial charge in [-0.3, -0.25) is 9.59 Å². The predicted molar refractivity (Wildman–Crippen MR) is 95.2 cm³/mol. The van der Waals surface area contributed by atoms with Crippen LogP contribution < -0.4 is 10.2 Å². The number of nitrogens with one attached hydrogen (secondary N) is 1. The van der Waals surface area contributed by atoms with Crippen LogP contribution in [0.2, 0.25) is 0 Å². The first-order valence-electron chi connectivity index (χ1n) is 8.25. The van der Waals surface area contributed by atoms with Gasteiger partial charge in [-0.25, -0.2) is 9.97 Å². The van der Waals surface area contributed by atoms with Crippen LogP contribution in [0.25, 0.3) is 0 Å². The fourth-order valence-corrected chi connectivity index (χ4v) is 2.73. The van der Waals surface area contributed by atoms with Gasteiger partial charge in [-0.1, -0.05) is 6.07 Å². The molecule has 2 amide bonds. The molecule has 2 heterocycles. The number of aromatic nitrogens is 2. The van der Waals surface area contributed by atoms with Gasteiger partial charge in [0, 0.05) is 44.3 Å². The number of carbonyl (C=O) groups is 2. The van der Waals surface area contributed by atoms with Gasteiger partial charge in [0.05, 0.1) is 11.6 Å². The Bertz CT molecular complexity index is 825. The van der Waals surface area contributed by atoms with Gasteiger partial charge in [-0.05, 0) is 24.3 Å². The second kappa shape index (κ2) is 8.07. The van der Waals surface area contributed by atoms with Crippen LogP contribution in [-0.4, -0.2) is 52.9 Å². The van der Waals surface area contributed by atoms with Gasteiger partial charge < -0.3 is 15.1 Å². The van der Waals surface area contributed by atoms with Gasteiger partial charge >= 0.3 is 0 Å². The van der Waals surface area contributed by atoms with E-state index in [9.17, 15) is 9.59 Å². The van der Waals surface area contributed by atoms with E-state index in [1.54, 1.807) is 47.6 Å². The topological polar surface area (TPSA) is 102 Å². The van der Waals surface area contributed by atoms with Crippen LogP contribution >= 0.6 is 0 Å². The van der Waals surface area contributed by atoms with Gasteiger partial charge in [-0.2, -0.15) is 5.26 Å². The van der Waals surface area contributed by atoms with E-state index in [4.69, 9.17) is 5.26 Å². The Morgan fingerprint density at radius 3 is 2.54 bits per heavy atom. The number of carbonyl (C=O) groups excluding carboxylic acids is 2. The van der Waals surface area contributed by atoms with Gasteiger partial charge in [0.15, 0.2) is 0 Å². The quantitative estimate of drug-likeness (QED) is 0.826. The summed E-state index contributed by atoms with van der Waals surface area (Å²) in [4.78, 5) is 36.5. The minimum absolute atomic E-state index is 0.215. The summed E-state index contributed by atoms with van der Waals surface area (Å²) in [5.74, 6) is 0.0428. The van der Waals surface area contributed by atoms with Crippen molar-refractivity contribution < 1.29 is 9.59 Å². The zero-order valence-electron chi connectivity index (χ0n) is 14.1. The van der Waals surface area contributed by atoms with Crippen molar-refractivity contribution in [2.45, 2.75) is 6.42 Å². The predicted octanol–water partition coefficient (Wildman–Crippen LogP) is 1.03. The van der Waals surface area contributed by atoms with E-state index in [1.807, 2.05) is 11.0 Å². The van der Waals surface area contributed by atoms with Crippen molar-refractivity contribution >= 4 is 23.5 Å². The summed E-state index contributed by atoms with van der Waals surface area (Å²) in [5, 5.41) is 11.5. The third kappa shape index (κ3) is 4.33. The summed E-state index contributed by atoms with van der Waals surface area (Å²) in [6.07, 6.45) is 3.15. The Labute approximate surface area is 151 Å². The molecule has 0 bridgehead atoms. The van der Waals surface area contributed by atoms with Gasteiger partial charge in [0.25, 0.3) is 0 Å². The van der Waals surface area contributed by atoms with Gasteiger partial charge in [0.1, 0.15) is 6.42 Å². The maximum atomic E-state index is 12.3. The third-order valence-electron chi connectivity index (χ3n) is 4.05. The van der Waals surface area contributed by atoms with Crippen LogP contribution in [0, 0.1) is 11.3 Å². The van der Waals surface area contributed by atoms with E-state index in [-0.39, 0.29) is 18.2 Å². The molecule has 2 aromatic rings. The fourth-order valence-electron chi connectivity index (χ4n) is 2.73. The third-order valence-corrected chi connectivity index (χ3v) is 4.05. The number of hydrogen-bond acceptors (Lipinski definition) is 6. The van der Waals surface area contributed by atoms with Crippen LogP contribution in [-0.2, 0) is 9.59 Å². The second-order valence-corrected chi connectivity index (χ2v) is 5.83. The molecule has 1 aliphatic heterocycles. The Morgan fingerprint density at radius 2 is 1.85 bits per heavy atom. The Hall–Kier alpha value is -3.47. The lowest BCUT2D eigenvalue weighted by atomic mass is 10.2. The van der Waals surface area contributed by atoms with Crippen molar-refractivity contribution in [3.05, 3.63) is 48.3 Å². The molecule has 0 radical (unpaired) electrons. The molecule has 132 valence electrons. The Kier molecular flexibility index (Phi) is 5.39. The summed E-state index contributed by atoms with van der Waals surface area (Å²) in [7, 11) is 0. The maximum absolute atomic E-state index is 12.3. The number of amides is 2. The number of anilines is 2. The van der Waals surface area contributed by atoms with E-state index in [0.717, 1.165) is 0 Å². The van der Waals surface area contributed by atoms with Crippen LogP contribution in [0.4, 0.5) is 11.6 Å². The van der Waals surface area contributed by atoms with E-state index in [1.165, 1.54) is 0 Å². The molecule has 0 unspecified atom stereocenters. The zero-order valence-corrected chi connectivity index (χ0v) is 14.1. The molecule has 0 saturated carbocycles. The molecule has 1 N–H and O–H groups in total. The van der Waals surface area contributed by atoms with Crippen molar-refractivity contribution in [2.75, 3.05) is 36.4 Å². The second-order valence-electron chi connectivity index (χ2n) is 5.83. The molecule has 0 aliphatic carbocycles. The molecule has 1 aromatic heterocycles. The van der Waals surface area contributed by atoms with Crippen molar-refractivity contribution in [1.29, 1.82) is 5.26 Å². The molecule has 1 aliphatic rings. The molecule has 8 heteroatoms. The monoisotopic (exact) mass is 350 g/mol. The molecule has 1 saturated heterocycles. The lowest BCUT2D eigenvalue weighted by Crippen LogP contribution is -2.49. The highest BCUT2D eigenvalue weighted by Crippen LogP contribution is 2.12. The molecule has 8 nitrogen and oxygen atoms in total. The zero-order chi connectivity index (χ0) is 18.4.